The molecule has 0 fully saturated rings. The normalized spacial score (nSPS) is 10.5. The first kappa shape index (κ1) is 12.3. The van der Waals surface area contributed by atoms with E-state index in [1.165, 1.54) is 6.07 Å². The molecule has 0 spiro atoms. The Hall–Kier alpha value is -0.810. The summed E-state index contributed by atoms with van der Waals surface area (Å²) in [6.45, 7) is -4.27. The van der Waals surface area contributed by atoms with Gasteiger partial charge in [0.2, 0.25) is 6.86 Å². The molecule has 7 heteroatoms. The number of ether oxygens (including phenoxy) is 2. The maximum absolute atomic E-state index is 11.9. The lowest BCUT2D eigenvalue weighted by atomic mass is 10.3. The van der Waals surface area contributed by atoms with Gasteiger partial charge in [-0.25, -0.2) is 4.39 Å². The number of benzene rings is 1. The van der Waals surface area contributed by atoms with Crippen molar-refractivity contribution in [3.05, 3.63) is 22.2 Å². The van der Waals surface area contributed by atoms with Gasteiger partial charge in [0.25, 0.3) is 0 Å². The zero-order valence-corrected chi connectivity index (χ0v) is 8.66. The summed E-state index contributed by atoms with van der Waals surface area (Å²) in [5, 5.41) is -0.116. The molecule has 0 aliphatic carbocycles. The Balaban J connectivity index is 3.08. The van der Waals surface area contributed by atoms with Gasteiger partial charge in [-0.3, -0.25) is 0 Å². The van der Waals surface area contributed by atoms with E-state index in [1.807, 2.05) is 0 Å². The molecule has 0 aromatic heterocycles. The van der Waals surface area contributed by atoms with Crippen molar-refractivity contribution < 1.29 is 22.6 Å². The smallest absolute Gasteiger partial charge is 0.387 e. The Labute approximate surface area is 93.5 Å². The van der Waals surface area contributed by atoms with Gasteiger partial charge < -0.3 is 9.47 Å². The van der Waals surface area contributed by atoms with Gasteiger partial charge in [0.05, 0.1) is 5.02 Å². The van der Waals surface area contributed by atoms with Gasteiger partial charge in [-0.1, -0.05) is 23.2 Å². The van der Waals surface area contributed by atoms with Crippen molar-refractivity contribution in [2.45, 2.75) is 6.61 Å². The summed E-state index contributed by atoms with van der Waals surface area (Å²) in [5.74, 6) is -0.705. The van der Waals surface area contributed by atoms with Crippen LogP contribution in [-0.2, 0) is 0 Å². The lowest BCUT2D eigenvalue weighted by Gasteiger charge is -2.12. The molecule has 0 heterocycles. The van der Waals surface area contributed by atoms with Gasteiger partial charge in [-0.15, -0.1) is 0 Å². The molecule has 0 unspecified atom stereocenters. The van der Waals surface area contributed by atoms with Crippen molar-refractivity contribution in [3.8, 4) is 11.5 Å². The maximum atomic E-state index is 11.9. The molecule has 0 aliphatic heterocycles. The SMILES string of the molecule is FCOc1c(OC(F)F)ccc(Cl)c1Cl. The fraction of sp³-hybridized carbons (Fsp3) is 0.250. The minimum atomic E-state index is -3.05. The van der Waals surface area contributed by atoms with Crippen LogP contribution in [-0.4, -0.2) is 13.5 Å². The fourth-order valence-corrected chi connectivity index (χ4v) is 1.25. The summed E-state index contributed by atoms with van der Waals surface area (Å²) < 4.78 is 44.3. The summed E-state index contributed by atoms with van der Waals surface area (Å²) >= 11 is 11.2. The van der Waals surface area contributed by atoms with Crippen LogP contribution in [0.4, 0.5) is 13.2 Å². The van der Waals surface area contributed by atoms with Crippen molar-refractivity contribution in [1.29, 1.82) is 0 Å². The van der Waals surface area contributed by atoms with Crippen LogP contribution in [0.2, 0.25) is 10.0 Å². The van der Waals surface area contributed by atoms with Crippen LogP contribution in [0, 0.1) is 0 Å². The Morgan fingerprint density at radius 1 is 1.27 bits per heavy atom. The van der Waals surface area contributed by atoms with Crippen LogP contribution in [0.3, 0.4) is 0 Å². The van der Waals surface area contributed by atoms with E-state index in [1.54, 1.807) is 0 Å². The number of hydrogen-bond donors (Lipinski definition) is 0. The number of rotatable bonds is 4. The monoisotopic (exact) mass is 260 g/mol. The Morgan fingerprint density at radius 3 is 2.47 bits per heavy atom. The first-order valence-electron chi connectivity index (χ1n) is 3.67. The van der Waals surface area contributed by atoms with Gasteiger partial charge in [-0.2, -0.15) is 8.78 Å². The zero-order chi connectivity index (χ0) is 11.4. The van der Waals surface area contributed by atoms with Crippen molar-refractivity contribution in [1.82, 2.24) is 0 Å². The molecule has 15 heavy (non-hydrogen) atoms. The van der Waals surface area contributed by atoms with Crippen LogP contribution in [0.15, 0.2) is 12.1 Å². The molecule has 0 saturated carbocycles. The van der Waals surface area contributed by atoms with Crippen LogP contribution >= 0.6 is 23.2 Å². The highest BCUT2D eigenvalue weighted by molar-refractivity contribution is 6.43. The predicted molar refractivity (Wildman–Crippen MR) is 49.7 cm³/mol. The Kier molecular flexibility index (Phi) is 4.35. The molecule has 0 atom stereocenters. The quantitative estimate of drug-likeness (QED) is 0.818. The molecular formula is C8H5Cl2F3O2. The van der Waals surface area contributed by atoms with E-state index in [9.17, 15) is 13.2 Å². The Morgan fingerprint density at radius 2 is 1.93 bits per heavy atom. The van der Waals surface area contributed by atoms with E-state index < -0.39 is 13.5 Å². The highest BCUT2D eigenvalue weighted by Crippen LogP contribution is 2.40. The van der Waals surface area contributed by atoms with Gasteiger partial charge in [-0.05, 0) is 12.1 Å². The molecule has 0 amide bonds. The first-order valence-corrected chi connectivity index (χ1v) is 4.43. The van der Waals surface area contributed by atoms with Crippen LogP contribution < -0.4 is 9.47 Å². The van der Waals surface area contributed by atoms with Crippen molar-refractivity contribution in [2.75, 3.05) is 6.86 Å². The van der Waals surface area contributed by atoms with Gasteiger partial charge >= 0.3 is 6.61 Å². The predicted octanol–water partition coefficient (Wildman–Crippen LogP) is 3.90. The molecule has 0 N–H and O–H groups in total. The standard InChI is InChI=1S/C8H5Cl2F3O2/c9-4-1-2-5(15-8(12)13)7(6(4)10)14-3-11/h1-2,8H,3H2. The van der Waals surface area contributed by atoms with E-state index in [4.69, 9.17) is 23.2 Å². The second-order valence-electron chi connectivity index (χ2n) is 2.32. The largest absolute Gasteiger partial charge is 0.457 e. The van der Waals surface area contributed by atoms with E-state index >= 15 is 0 Å². The fourth-order valence-electron chi connectivity index (χ4n) is 0.892. The molecule has 0 bridgehead atoms. The lowest BCUT2D eigenvalue weighted by Crippen LogP contribution is -2.04. The molecule has 0 aliphatic rings. The minimum Gasteiger partial charge on any atom is -0.457 e. The average molecular weight is 261 g/mol. The van der Waals surface area contributed by atoms with Crippen molar-refractivity contribution in [2.24, 2.45) is 0 Å². The van der Waals surface area contributed by atoms with Gasteiger partial charge in [0.15, 0.2) is 11.5 Å². The molecule has 0 saturated heterocycles. The maximum Gasteiger partial charge on any atom is 0.387 e. The number of hydrogen-bond acceptors (Lipinski definition) is 2. The highest BCUT2D eigenvalue weighted by atomic mass is 35.5. The third-order valence-corrected chi connectivity index (χ3v) is 2.22. The molecule has 2 nitrogen and oxygen atoms in total. The van der Waals surface area contributed by atoms with Crippen molar-refractivity contribution >= 4 is 23.2 Å². The molecule has 0 radical (unpaired) electrons. The third kappa shape index (κ3) is 3.07. The second-order valence-corrected chi connectivity index (χ2v) is 3.11. The molecule has 1 rings (SSSR count). The molecule has 84 valence electrons. The summed E-state index contributed by atoms with van der Waals surface area (Å²) in [5.41, 5.74) is 0. The van der Waals surface area contributed by atoms with Crippen molar-refractivity contribution in [3.63, 3.8) is 0 Å². The lowest BCUT2D eigenvalue weighted by molar-refractivity contribution is -0.0519. The first-order chi connectivity index (χ1) is 7.06. The molecule has 1 aromatic rings. The second kappa shape index (κ2) is 5.32. The average Bonchev–Trinajstić information content (AvgIpc) is 2.17. The number of halogens is 5. The zero-order valence-electron chi connectivity index (χ0n) is 7.15. The summed E-state index contributed by atoms with van der Waals surface area (Å²) in [6.07, 6.45) is 0. The topological polar surface area (TPSA) is 18.5 Å². The summed E-state index contributed by atoms with van der Waals surface area (Å²) in [4.78, 5) is 0. The van der Waals surface area contributed by atoms with Crippen LogP contribution in [0.5, 0.6) is 11.5 Å². The van der Waals surface area contributed by atoms with Crippen LogP contribution in [0.25, 0.3) is 0 Å². The van der Waals surface area contributed by atoms with E-state index in [0.717, 1.165) is 6.07 Å². The minimum absolute atomic E-state index is 0.0572. The third-order valence-electron chi connectivity index (χ3n) is 1.43. The van der Waals surface area contributed by atoms with E-state index in [-0.39, 0.29) is 21.5 Å². The molecule has 1 aromatic carbocycles. The highest BCUT2D eigenvalue weighted by Gasteiger charge is 2.16. The van der Waals surface area contributed by atoms with Gasteiger partial charge in [0.1, 0.15) is 5.02 Å². The van der Waals surface area contributed by atoms with Crippen LogP contribution in [0.1, 0.15) is 0 Å². The summed E-state index contributed by atoms with van der Waals surface area (Å²) in [6, 6.07) is 2.36. The van der Waals surface area contributed by atoms with E-state index in [0.29, 0.717) is 0 Å². The van der Waals surface area contributed by atoms with E-state index in [2.05, 4.69) is 9.47 Å². The molecular weight excluding hydrogens is 256 g/mol. The van der Waals surface area contributed by atoms with Gasteiger partial charge in [0, 0.05) is 0 Å². The Bertz CT molecular complexity index is 347. The summed E-state index contributed by atoms with van der Waals surface area (Å²) in [7, 11) is 0. The number of alkyl halides is 3.